The molecule has 0 aliphatic carbocycles. The van der Waals surface area contributed by atoms with Gasteiger partial charge in [0, 0.05) is 37.9 Å². The molecule has 10 rings (SSSR count). The predicted molar refractivity (Wildman–Crippen MR) is 191 cm³/mol. The second kappa shape index (κ2) is 9.71. The molecule has 0 radical (unpaired) electrons. The van der Waals surface area contributed by atoms with Gasteiger partial charge in [-0.25, -0.2) is 0 Å². The average Bonchev–Trinajstić information content (AvgIpc) is 3.81. The SMILES string of the molecule is N#Cc1ccc(-c2cccc3c2oc2ccccc23)c2c1oc1c(-n3c4ccccc4c4cc(-c5ccccc5)ccc43)cccc12. The molecular weight excluding hydrogens is 576 g/mol. The van der Waals surface area contributed by atoms with Crippen molar-refractivity contribution in [1.29, 1.82) is 5.26 Å². The third kappa shape index (κ3) is 3.63. The molecule has 0 saturated heterocycles. The van der Waals surface area contributed by atoms with Gasteiger partial charge in [0.2, 0.25) is 0 Å². The molecule has 0 unspecified atom stereocenters. The lowest BCUT2D eigenvalue weighted by Gasteiger charge is -2.09. The Kier molecular flexibility index (Phi) is 5.32. The van der Waals surface area contributed by atoms with E-state index in [9.17, 15) is 5.26 Å². The fraction of sp³-hybridized carbons (Fsp3) is 0. The highest BCUT2D eigenvalue weighted by Gasteiger charge is 2.23. The summed E-state index contributed by atoms with van der Waals surface area (Å²) in [6.07, 6.45) is 0. The number of fused-ring (bicyclic) bond motifs is 9. The van der Waals surface area contributed by atoms with Crippen molar-refractivity contribution >= 4 is 65.7 Å². The number of hydrogen-bond acceptors (Lipinski definition) is 3. The topological polar surface area (TPSA) is 55.0 Å². The fourth-order valence-electron chi connectivity index (χ4n) is 7.38. The van der Waals surface area contributed by atoms with Gasteiger partial charge >= 0.3 is 0 Å². The van der Waals surface area contributed by atoms with Crippen LogP contribution in [0.5, 0.6) is 0 Å². The Bertz CT molecular complexity index is 2920. The monoisotopic (exact) mass is 600 g/mol. The van der Waals surface area contributed by atoms with Crippen molar-refractivity contribution in [2.24, 2.45) is 0 Å². The van der Waals surface area contributed by atoms with E-state index < -0.39 is 0 Å². The summed E-state index contributed by atoms with van der Waals surface area (Å²) in [5.41, 5.74) is 10.9. The summed E-state index contributed by atoms with van der Waals surface area (Å²) in [6, 6.07) is 52.6. The largest absolute Gasteiger partial charge is 0.455 e. The molecule has 10 aromatic rings. The van der Waals surface area contributed by atoms with Gasteiger partial charge < -0.3 is 13.4 Å². The van der Waals surface area contributed by atoms with Gasteiger partial charge in [-0.15, -0.1) is 0 Å². The molecule has 3 aromatic heterocycles. The van der Waals surface area contributed by atoms with Crippen molar-refractivity contribution in [3.05, 3.63) is 151 Å². The molecule has 0 aliphatic heterocycles. The van der Waals surface area contributed by atoms with Gasteiger partial charge in [0.25, 0.3) is 0 Å². The molecule has 0 N–H and O–H groups in total. The molecule has 47 heavy (non-hydrogen) atoms. The quantitative estimate of drug-likeness (QED) is 0.203. The van der Waals surface area contributed by atoms with Crippen LogP contribution >= 0.6 is 0 Å². The minimum atomic E-state index is 0.498. The Morgan fingerprint density at radius 1 is 0.468 bits per heavy atom. The Labute approximate surface area is 268 Å². The Balaban J connectivity index is 1.28. The molecule has 0 amide bonds. The molecule has 0 atom stereocenters. The van der Waals surface area contributed by atoms with E-state index in [-0.39, 0.29) is 0 Å². The van der Waals surface area contributed by atoms with E-state index in [0.29, 0.717) is 11.1 Å². The van der Waals surface area contributed by atoms with Crippen LogP contribution in [0.25, 0.3) is 93.6 Å². The maximum absolute atomic E-state index is 10.2. The molecule has 4 nitrogen and oxygen atoms in total. The van der Waals surface area contributed by atoms with Crippen molar-refractivity contribution in [1.82, 2.24) is 4.57 Å². The van der Waals surface area contributed by atoms with Gasteiger partial charge in [0.05, 0.1) is 22.3 Å². The van der Waals surface area contributed by atoms with Crippen LogP contribution in [0.1, 0.15) is 5.56 Å². The standard InChI is InChI=1S/C43H24N2O2/c44-25-28-20-22-31(33-15-8-14-32-30-13-5-7-19-39(30)46-42(32)33)40-34-16-9-18-38(43(34)47-41(28)40)45-36-17-6-4-12-29(36)35-24-27(21-23-37(35)45)26-10-2-1-3-11-26/h1-24H. The number of para-hydroxylation sites is 4. The summed E-state index contributed by atoms with van der Waals surface area (Å²) in [5.74, 6) is 0. The number of benzene rings is 7. The zero-order chi connectivity index (χ0) is 31.1. The molecule has 0 aliphatic rings. The zero-order valence-electron chi connectivity index (χ0n) is 25.1. The van der Waals surface area contributed by atoms with E-state index in [1.807, 2.05) is 36.4 Å². The van der Waals surface area contributed by atoms with Gasteiger partial charge in [-0.05, 0) is 53.1 Å². The van der Waals surface area contributed by atoms with E-state index in [4.69, 9.17) is 8.83 Å². The van der Waals surface area contributed by atoms with Crippen LogP contribution in [0, 0.1) is 11.3 Å². The first kappa shape index (κ1) is 25.7. The van der Waals surface area contributed by atoms with Gasteiger partial charge in [-0.1, -0.05) is 109 Å². The fourth-order valence-corrected chi connectivity index (χ4v) is 7.38. The van der Waals surface area contributed by atoms with E-state index in [1.54, 1.807) is 0 Å². The molecule has 218 valence electrons. The van der Waals surface area contributed by atoms with E-state index in [0.717, 1.165) is 66.1 Å². The van der Waals surface area contributed by atoms with Crippen molar-refractivity contribution in [3.63, 3.8) is 0 Å². The normalized spacial score (nSPS) is 11.8. The molecule has 7 aromatic carbocycles. The second-order valence-electron chi connectivity index (χ2n) is 12.0. The lowest BCUT2D eigenvalue weighted by atomic mass is 9.96. The maximum atomic E-state index is 10.2. The molecule has 0 saturated carbocycles. The number of nitriles is 1. The first-order valence-electron chi connectivity index (χ1n) is 15.7. The van der Waals surface area contributed by atoms with Crippen LogP contribution in [-0.2, 0) is 0 Å². The summed E-state index contributed by atoms with van der Waals surface area (Å²) >= 11 is 0. The summed E-state index contributed by atoms with van der Waals surface area (Å²) in [5, 5.41) is 16.5. The summed E-state index contributed by atoms with van der Waals surface area (Å²) in [7, 11) is 0. The minimum absolute atomic E-state index is 0.498. The van der Waals surface area contributed by atoms with Gasteiger partial charge in [-0.2, -0.15) is 5.26 Å². The molecule has 0 fully saturated rings. The van der Waals surface area contributed by atoms with Crippen LogP contribution in [0.3, 0.4) is 0 Å². The summed E-state index contributed by atoms with van der Waals surface area (Å²) in [6.45, 7) is 0. The van der Waals surface area contributed by atoms with Crippen molar-refractivity contribution < 1.29 is 8.83 Å². The van der Waals surface area contributed by atoms with E-state index >= 15 is 0 Å². The van der Waals surface area contributed by atoms with Gasteiger partial charge in [0.1, 0.15) is 17.2 Å². The predicted octanol–water partition coefficient (Wildman–Crippen LogP) is 11.8. The highest BCUT2D eigenvalue weighted by atomic mass is 16.3. The number of nitrogens with zero attached hydrogens (tertiary/aromatic N) is 2. The number of hydrogen-bond donors (Lipinski definition) is 0. The van der Waals surface area contributed by atoms with Gasteiger partial charge in [0.15, 0.2) is 11.2 Å². The number of rotatable bonds is 3. The first-order chi connectivity index (χ1) is 23.3. The Morgan fingerprint density at radius 3 is 2.11 bits per heavy atom. The highest BCUT2D eigenvalue weighted by molar-refractivity contribution is 6.20. The Morgan fingerprint density at radius 2 is 1.21 bits per heavy atom. The second-order valence-corrected chi connectivity index (χ2v) is 12.0. The smallest absolute Gasteiger partial charge is 0.159 e. The highest BCUT2D eigenvalue weighted by Crippen LogP contribution is 2.45. The van der Waals surface area contributed by atoms with Crippen LogP contribution in [0.15, 0.2) is 154 Å². The lowest BCUT2D eigenvalue weighted by Crippen LogP contribution is -1.94. The summed E-state index contributed by atoms with van der Waals surface area (Å²) < 4.78 is 15.5. The first-order valence-corrected chi connectivity index (χ1v) is 15.7. The number of furan rings is 2. The van der Waals surface area contributed by atoms with Crippen molar-refractivity contribution in [2.45, 2.75) is 0 Å². The molecule has 3 heterocycles. The van der Waals surface area contributed by atoms with Crippen LogP contribution in [0.4, 0.5) is 0 Å². The summed E-state index contributed by atoms with van der Waals surface area (Å²) in [4.78, 5) is 0. The third-order valence-corrected chi connectivity index (χ3v) is 9.46. The van der Waals surface area contributed by atoms with Gasteiger partial charge in [-0.3, -0.25) is 0 Å². The maximum Gasteiger partial charge on any atom is 0.159 e. The molecule has 0 spiro atoms. The molecule has 4 heteroatoms. The third-order valence-electron chi connectivity index (χ3n) is 9.46. The zero-order valence-corrected chi connectivity index (χ0v) is 25.1. The lowest BCUT2D eigenvalue weighted by molar-refractivity contribution is 0.665. The molecular formula is C43H24N2O2. The Hall–Kier alpha value is -6.57. The molecule has 0 bridgehead atoms. The van der Waals surface area contributed by atoms with Crippen LogP contribution < -0.4 is 0 Å². The number of aromatic nitrogens is 1. The van der Waals surface area contributed by atoms with E-state index in [2.05, 4.69) is 120 Å². The van der Waals surface area contributed by atoms with Crippen molar-refractivity contribution in [2.75, 3.05) is 0 Å². The average molecular weight is 601 g/mol. The van der Waals surface area contributed by atoms with Crippen LogP contribution in [0.2, 0.25) is 0 Å². The van der Waals surface area contributed by atoms with Crippen LogP contribution in [-0.4, -0.2) is 4.57 Å². The van der Waals surface area contributed by atoms with E-state index in [1.165, 1.54) is 21.9 Å². The van der Waals surface area contributed by atoms with Crippen molar-refractivity contribution in [3.8, 4) is 34.0 Å². The minimum Gasteiger partial charge on any atom is -0.455 e.